The van der Waals surface area contributed by atoms with Crippen LogP contribution >= 0.6 is 27.3 Å². The van der Waals surface area contributed by atoms with Gasteiger partial charge >= 0.3 is 6.18 Å². The maximum absolute atomic E-state index is 14.3. The quantitative estimate of drug-likeness (QED) is 0.313. The van der Waals surface area contributed by atoms with Crippen LogP contribution in [0.1, 0.15) is 34.5 Å². The van der Waals surface area contributed by atoms with Gasteiger partial charge in [0.2, 0.25) is 0 Å². The molecule has 1 saturated heterocycles. The number of aldehydes is 1. The van der Waals surface area contributed by atoms with Gasteiger partial charge in [0, 0.05) is 23.1 Å². The van der Waals surface area contributed by atoms with Crippen molar-refractivity contribution in [1.29, 1.82) is 0 Å². The van der Waals surface area contributed by atoms with Crippen LogP contribution < -0.4 is 10.2 Å². The van der Waals surface area contributed by atoms with Crippen molar-refractivity contribution < 1.29 is 31.5 Å². The van der Waals surface area contributed by atoms with E-state index in [4.69, 9.17) is 0 Å². The van der Waals surface area contributed by atoms with Crippen LogP contribution in [0.2, 0.25) is 0 Å². The number of piperidine rings is 1. The first-order chi connectivity index (χ1) is 17.5. The number of amides is 1. The van der Waals surface area contributed by atoms with E-state index in [0.29, 0.717) is 27.8 Å². The average Bonchev–Trinajstić information content (AvgIpc) is 3.41. The lowest BCUT2D eigenvalue weighted by Crippen LogP contribution is -2.49. The molecule has 4 heterocycles. The second-order valence-corrected chi connectivity index (χ2v) is 10.5. The zero-order valence-corrected chi connectivity index (χ0v) is 21.1. The van der Waals surface area contributed by atoms with Crippen molar-refractivity contribution in [2.45, 2.75) is 24.6 Å². The van der Waals surface area contributed by atoms with Crippen molar-refractivity contribution >= 4 is 51.0 Å². The fraction of sp³-hybridized carbons (Fsp3) is 0.250. The van der Waals surface area contributed by atoms with Crippen LogP contribution in [0, 0.1) is 10.9 Å². The van der Waals surface area contributed by atoms with Gasteiger partial charge in [0.25, 0.3) is 5.91 Å². The summed E-state index contributed by atoms with van der Waals surface area (Å²) in [6.45, 7) is 0.546. The maximum Gasteiger partial charge on any atom is 0.433 e. The third-order valence-corrected chi connectivity index (χ3v) is 7.69. The summed E-state index contributed by atoms with van der Waals surface area (Å²) in [5, 5.41) is 2.06. The molecule has 0 atom stereocenters. The van der Waals surface area contributed by atoms with E-state index in [9.17, 15) is 31.5 Å². The molecule has 192 valence electrons. The van der Waals surface area contributed by atoms with Gasteiger partial charge in [-0.25, -0.2) is 9.37 Å². The Balaban J connectivity index is 1.48. The number of hydrogen-bond acceptors (Lipinski definition) is 6. The molecule has 0 bridgehead atoms. The molecule has 37 heavy (non-hydrogen) atoms. The van der Waals surface area contributed by atoms with E-state index in [-0.39, 0.29) is 53.5 Å². The predicted molar refractivity (Wildman–Crippen MR) is 131 cm³/mol. The molecule has 6 nitrogen and oxygen atoms in total. The molecule has 0 radical (unpaired) electrons. The number of nitrogens with zero attached hydrogens (tertiary/aromatic N) is 3. The topological polar surface area (TPSA) is 74.7 Å². The smallest absolute Gasteiger partial charge is 0.371 e. The minimum Gasteiger partial charge on any atom is -0.371 e. The first-order valence-corrected chi connectivity index (χ1v) is 12.6. The van der Waals surface area contributed by atoms with Crippen molar-refractivity contribution in [3.05, 3.63) is 68.6 Å². The first-order valence-electron chi connectivity index (χ1n) is 11.0. The number of pyridine rings is 1. The number of aromatic nitrogens is 1. The van der Waals surface area contributed by atoms with E-state index in [1.807, 2.05) is 0 Å². The van der Waals surface area contributed by atoms with Gasteiger partial charge in [-0.15, -0.1) is 11.3 Å². The molecule has 1 amide bonds. The van der Waals surface area contributed by atoms with Gasteiger partial charge < -0.3 is 10.2 Å². The fourth-order valence-electron chi connectivity index (χ4n) is 4.49. The van der Waals surface area contributed by atoms with E-state index in [1.165, 1.54) is 12.1 Å². The highest BCUT2D eigenvalue weighted by atomic mass is 79.9. The largest absolute Gasteiger partial charge is 0.433 e. The molecular formula is C24H16BrF5N4O2S. The second kappa shape index (κ2) is 9.28. The summed E-state index contributed by atoms with van der Waals surface area (Å²) in [7, 11) is 0. The van der Waals surface area contributed by atoms with Gasteiger partial charge in [0.05, 0.1) is 21.8 Å². The third-order valence-electron chi connectivity index (χ3n) is 6.35. The molecule has 13 heteroatoms. The SMILES string of the molecule is O=Cc1c(F)cc(Br)cc1N1CCC2(CC1)N=C(c1ccc(C(F)(F)F)nc1-c1ccc(F)s1)NC2=O. The molecular weight excluding hydrogens is 583 g/mol. The van der Waals surface area contributed by atoms with E-state index in [0.717, 1.165) is 18.2 Å². The Labute approximate surface area is 219 Å². The Hall–Kier alpha value is -3.19. The Kier molecular flexibility index (Phi) is 6.39. The number of thiophene rings is 1. The Morgan fingerprint density at radius 2 is 1.84 bits per heavy atom. The van der Waals surface area contributed by atoms with Crippen LogP contribution in [-0.2, 0) is 11.0 Å². The van der Waals surface area contributed by atoms with Gasteiger partial charge in [-0.1, -0.05) is 15.9 Å². The number of anilines is 1. The minimum absolute atomic E-state index is 0.0468. The summed E-state index contributed by atoms with van der Waals surface area (Å²) in [6.07, 6.45) is -3.85. The predicted octanol–water partition coefficient (Wildman–Crippen LogP) is 5.60. The lowest BCUT2D eigenvalue weighted by Gasteiger charge is -2.37. The number of carbonyl (C=O) groups excluding carboxylic acids is 2. The van der Waals surface area contributed by atoms with Crippen molar-refractivity contribution in [3.63, 3.8) is 0 Å². The summed E-state index contributed by atoms with van der Waals surface area (Å²) >= 11 is 3.85. The van der Waals surface area contributed by atoms with Crippen LogP contribution in [-0.4, -0.2) is 41.6 Å². The van der Waals surface area contributed by atoms with Crippen LogP contribution in [0.4, 0.5) is 27.6 Å². The molecule has 2 aromatic heterocycles. The molecule has 3 aromatic rings. The van der Waals surface area contributed by atoms with Crippen molar-refractivity contribution in [1.82, 2.24) is 10.3 Å². The molecule has 1 N–H and O–H groups in total. The summed E-state index contributed by atoms with van der Waals surface area (Å²) in [5.41, 5.74) is -2.06. The van der Waals surface area contributed by atoms with Crippen LogP contribution in [0.3, 0.4) is 0 Å². The van der Waals surface area contributed by atoms with Gasteiger partial charge in [0.1, 0.15) is 22.9 Å². The molecule has 1 spiro atoms. The lowest BCUT2D eigenvalue weighted by atomic mass is 9.87. The number of carbonyl (C=O) groups is 2. The Bertz CT molecular complexity index is 1450. The lowest BCUT2D eigenvalue weighted by molar-refractivity contribution is -0.141. The number of benzene rings is 1. The normalized spacial score (nSPS) is 17.2. The molecule has 1 aromatic carbocycles. The maximum atomic E-state index is 14.3. The summed E-state index contributed by atoms with van der Waals surface area (Å²) in [5.74, 6) is -1.06. The standard InChI is InChI=1S/C24H16BrF5N4O2S/c25-12-9-15(26)14(11-35)16(10-12)34-7-5-23(6-8-34)22(36)32-21(33-23)13-1-3-18(24(28,29)30)31-20(13)17-2-4-19(27)37-17/h1-4,9-11H,5-8H2,(H,32,33,36). The van der Waals surface area contributed by atoms with E-state index >= 15 is 0 Å². The molecule has 0 aliphatic carbocycles. The minimum atomic E-state index is -4.72. The zero-order chi connectivity index (χ0) is 26.5. The summed E-state index contributed by atoms with van der Waals surface area (Å²) < 4.78 is 68.4. The Morgan fingerprint density at radius 1 is 1.11 bits per heavy atom. The molecule has 1 fully saturated rings. The van der Waals surface area contributed by atoms with Crippen LogP contribution in [0.25, 0.3) is 10.6 Å². The number of hydrogen-bond donors (Lipinski definition) is 1. The first kappa shape index (κ1) is 25.5. The number of rotatable bonds is 4. The van der Waals surface area contributed by atoms with E-state index in [1.54, 1.807) is 11.0 Å². The highest BCUT2D eigenvalue weighted by Gasteiger charge is 2.47. The second-order valence-electron chi connectivity index (χ2n) is 8.57. The zero-order valence-electron chi connectivity index (χ0n) is 18.7. The fourth-order valence-corrected chi connectivity index (χ4v) is 5.64. The van der Waals surface area contributed by atoms with E-state index in [2.05, 4.69) is 31.2 Å². The molecule has 5 rings (SSSR count). The van der Waals surface area contributed by atoms with Gasteiger partial charge in [0.15, 0.2) is 11.4 Å². The number of amidine groups is 1. The summed E-state index contributed by atoms with van der Waals surface area (Å²) in [6, 6.07) is 7.20. The monoisotopic (exact) mass is 598 g/mol. The van der Waals surface area contributed by atoms with Crippen LogP contribution in [0.15, 0.2) is 45.9 Å². The highest BCUT2D eigenvalue weighted by molar-refractivity contribution is 9.10. The van der Waals surface area contributed by atoms with Gasteiger partial charge in [-0.3, -0.25) is 14.6 Å². The van der Waals surface area contributed by atoms with Gasteiger partial charge in [-0.2, -0.15) is 17.6 Å². The molecule has 0 saturated carbocycles. The number of aliphatic imine (C=N–C) groups is 1. The molecule has 2 aliphatic heterocycles. The highest BCUT2D eigenvalue weighted by Crippen LogP contribution is 2.38. The number of halogens is 6. The number of nitrogens with one attached hydrogen (secondary N) is 1. The van der Waals surface area contributed by atoms with Crippen LogP contribution in [0.5, 0.6) is 0 Å². The molecule has 2 aliphatic rings. The average molecular weight is 599 g/mol. The summed E-state index contributed by atoms with van der Waals surface area (Å²) in [4.78, 5) is 34.8. The third kappa shape index (κ3) is 4.65. The van der Waals surface area contributed by atoms with Crippen molar-refractivity contribution in [2.24, 2.45) is 4.99 Å². The molecule has 0 unspecified atom stereocenters. The number of alkyl halides is 3. The van der Waals surface area contributed by atoms with E-state index < -0.39 is 34.3 Å². The Morgan fingerprint density at radius 3 is 2.46 bits per heavy atom. The van der Waals surface area contributed by atoms with Gasteiger partial charge in [-0.05, 0) is 49.2 Å². The van der Waals surface area contributed by atoms with Crippen molar-refractivity contribution in [2.75, 3.05) is 18.0 Å². The van der Waals surface area contributed by atoms with Crippen molar-refractivity contribution in [3.8, 4) is 10.6 Å².